The number of hydrogen-bond acceptors (Lipinski definition) is 5. The number of carboxylic acids is 1. The molecule has 0 fully saturated rings. The Morgan fingerprint density at radius 1 is 0.842 bits per heavy atom. The summed E-state index contributed by atoms with van der Waals surface area (Å²) in [5.41, 5.74) is 7.24. The second-order valence-corrected chi connectivity index (χ2v) is 9.01. The minimum atomic E-state index is -1.38. The number of amides is 1. The molecule has 0 saturated carbocycles. The molecular weight excluding hydrogens is 484 g/mol. The highest BCUT2D eigenvalue weighted by Gasteiger charge is 2.26. The predicted molar refractivity (Wildman–Crippen MR) is 147 cm³/mol. The van der Waals surface area contributed by atoms with Crippen LogP contribution in [0.3, 0.4) is 0 Å². The molecule has 2 heterocycles. The third-order valence-corrected chi connectivity index (χ3v) is 6.26. The van der Waals surface area contributed by atoms with Crippen LogP contribution in [0, 0.1) is 13.8 Å². The summed E-state index contributed by atoms with van der Waals surface area (Å²) in [4.78, 5) is 58.6. The highest BCUT2D eigenvalue weighted by Crippen LogP contribution is 2.33. The van der Waals surface area contributed by atoms with E-state index < -0.39 is 23.0 Å². The van der Waals surface area contributed by atoms with Gasteiger partial charge in [0.15, 0.2) is 0 Å². The van der Waals surface area contributed by atoms with Gasteiger partial charge in [-0.3, -0.25) is 19.4 Å². The zero-order chi connectivity index (χ0) is 27.1. The number of aromatic nitrogens is 1. The number of H-pyrrole nitrogens is 1. The number of amidine groups is 1. The Kier molecular flexibility index (Phi) is 5.96. The summed E-state index contributed by atoms with van der Waals surface area (Å²) in [6.07, 6.45) is 0. The topological polar surface area (TPSA) is 155 Å². The number of fused-ring (bicyclic) bond motifs is 3. The van der Waals surface area contributed by atoms with Crippen molar-refractivity contribution < 1.29 is 14.7 Å². The quantitative estimate of drug-likeness (QED) is 0.208. The normalized spacial score (nSPS) is 11.7. The molecule has 2 bridgehead atoms. The van der Waals surface area contributed by atoms with Crippen LogP contribution < -0.4 is 22.2 Å². The maximum absolute atomic E-state index is 13.5. The lowest BCUT2D eigenvalue weighted by Gasteiger charge is -2.16. The molecule has 9 heteroatoms. The number of aromatic carboxylic acids is 1. The van der Waals surface area contributed by atoms with Crippen molar-refractivity contribution >= 4 is 50.6 Å². The van der Waals surface area contributed by atoms with E-state index in [0.717, 1.165) is 11.1 Å². The van der Waals surface area contributed by atoms with Crippen molar-refractivity contribution in [2.45, 2.75) is 13.8 Å². The van der Waals surface area contributed by atoms with Crippen molar-refractivity contribution in [2.24, 2.45) is 10.7 Å². The molecule has 0 aliphatic rings. The van der Waals surface area contributed by atoms with Crippen molar-refractivity contribution in [3.63, 3.8) is 0 Å². The molecule has 2 aromatic heterocycles. The summed E-state index contributed by atoms with van der Waals surface area (Å²) in [5.74, 6) is -2.20. The first-order valence-electron chi connectivity index (χ1n) is 11.7. The van der Waals surface area contributed by atoms with E-state index in [2.05, 4.69) is 15.3 Å². The van der Waals surface area contributed by atoms with Crippen LogP contribution in [0.5, 0.6) is 0 Å². The first-order valence-corrected chi connectivity index (χ1v) is 11.7. The highest BCUT2D eigenvalue weighted by atomic mass is 16.4. The lowest BCUT2D eigenvalue weighted by atomic mass is 9.90. The Morgan fingerprint density at radius 2 is 1.47 bits per heavy atom. The minimum absolute atomic E-state index is 0.000280. The maximum Gasteiger partial charge on any atom is 0.336 e. The van der Waals surface area contributed by atoms with Gasteiger partial charge in [0.25, 0.3) is 17.0 Å². The fourth-order valence-electron chi connectivity index (χ4n) is 4.61. The lowest BCUT2D eigenvalue weighted by Crippen LogP contribution is -2.21. The van der Waals surface area contributed by atoms with Crippen molar-refractivity contribution in [1.29, 1.82) is 0 Å². The number of carboxylic acid groups (broad SMARTS) is 1. The van der Waals surface area contributed by atoms with Crippen LogP contribution in [0.1, 0.15) is 37.4 Å². The zero-order valence-electron chi connectivity index (χ0n) is 20.5. The molecule has 5 N–H and O–H groups in total. The molecule has 0 atom stereocenters. The van der Waals surface area contributed by atoms with Crippen molar-refractivity contribution in [3.05, 3.63) is 115 Å². The van der Waals surface area contributed by atoms with Crippen molar-refractivity contribution in [2.75, 3.05) is 5.32 Å². The number of rotatable bonds is 5. The van der Waals surface area contributed by atoms with E-state index in [4.69, 9.17) is 5.73 Å². The molecule has 6 aromatic rings. The average Bonchev–Trinajstić information content (AvgIpc) is 3.06. The predicted octanol–water partition coefficient (Wildman–Crippen LogP) is 4.08. The number of nitrogens with one attached hydrogen (secondary N) is 2. The fraction of sp³-hybridized carbons (Fsp3) is 0.0690. The minimum Gasteiger partial charge on any atom is -0.478 e. The lowest BCUT2D eigenvalue weighted by molar-refractivity contribution is 0.0697. The molecule has 6 rings (SSSR count). The molecule has 0 spiro atoms. The van der Waals surface area contributed by atoms with Gasteiger partial charge in [0.2, 0.25) is 0 Å². The number of aryl methyl sites for hydroxylation is 2. The van der Waals surface area contributed by atoms with Crippen LogP contribution in [0.2, 0.25) is 0 Å². The number of nitrogens with zero attached hydrogens (tertiary/aromatic N) is 1. The van der Waals surface area contributed by atoms with Crippen LogP contribution in [-0.2, 0) is 0 Å². The van der Waals surface area contributed by atoms with E-state index >= 15 is 0 Å². The third kappa shape index (κ3) is 4.26. The molecule has 0 unspecified atom stereocenters. The van der Waals surface area contributed by atoms with Gasteiger partial charge in [-0.15, -0.1) is 0 Å². The molecule has 4 aromatic carbocycles. The van der Waals surface area contributed by atoms with E-state index in [9.17, 15) is 24.3 Å². The Bertz CT molecular complexity index is 1920. The van der Waals surface area contributed by atoms with E-state index in [0.29, 0.717) is 11.4 Å². The van der Waals surface area contributed by atoms with Gasteiger partial charge in [0, 0.05) is 38.4 Å². The van der Waals surface area contributed by atoms with Crippen LogP contribution in [0.25, 0.3) is 21.5 Å². The Labute approximate surface area is 215 Å². The van der Waals surface area contributed by atoms with E-state index in [1.54, 1.807) is 36.4 Å². The second-order valence-electron chi connectivity index (χ2n) is 9.01. The number of benzene rings is 4. The highest BCUT2D eigenvalue weighted by molar-refractivity contribution is 6.28. The zero-order valence-corrected chi connectivity index (χ0v) is 20.5. The number of aromatic amines is 1. The van der Waals surface area contributed by atoms with Gasteiger partial charge in [0.1, 0.15) is 5.84 Å². The summed E-state index contributed by atoms with van der Waals surface area (Å²) >= 11 is 0. The van der Waals surface area contributed by atoms with Gasteiger partial charge in [-0.05, 0) is 67.4 Å². The average molecular weight is 507 g/mol. The summed E-state index contributed by atoms with van der Waals surface area (Å²) < 4.78 is 0. The van der Waals surface area contributed by atoms with Gasteiger partial charge in [-0.25, -0.2) is 9.79 Å². The SMILES string of the molecule is Cc1cccc(N=C(N)c2c(C(=O)O)cc(C(=O)Nc3cccc(C)c3)c3c4ccc(c(=O)[nH]c4=O)c23)c1. The fourth-order valence-corrected chi connectivity index (χ4v) is 4.61. The van der Waals surface area contributed by atoms with Gasteiger partial charge in [0.05, 0.1) is 11.3 Å². The Balaban J connectivity index is 1.88. The van der Waals surface area contributed by atoms with Crippen molar-refractivity contribution in [3.8, 4) is 0 Å². The molecule has 9 nitrogen and oxygen atoms in total. The monoisotopic (exact) mass is 506 g/mol. The largest absolute Gasteiger partial charge is 0.478 e. The molecule has 0 radical (unpaired) electrons. The Hall–Kier alpha value is -5.31. The molecule has 188 valence electrons. The first kappa shape index (κ1) is 24.4. The van der Waals surface area contributed by atoms with Gasteiger partial charge < -0.3 is 16.2 Å². The molecule has 0 aliphatic carbocycles. The molecule has 0 saturated heterocycles. The number of anilines is 1. The van der Waals surface area contributed by atoms with Crippen LogP contribution >= 0.6 is 0 Å². The molecular formula is C29H22N4O5. The summed E-state index contributed by atoms with van der Waals surface area (Å²) in [5, 5.41) is 13.1. The standard InChI is InChI=1S/C29H22N4O5/c1-14-5-3-7-16(11-14)31-25(30)24-21(29(37)38)13-20(28(36)32-17-8-4-6-15(2)12-17)22-18-9-10-19(23(22)24)27(35)33-26(18)34/h3-13H,1-2H3,(H2,30,31)(H,32,36)(H,37,38)(H,33,34,35). The van der Waals surface area contributed by atoms with Gasteiger partial charge in [-0.2, -0.15) is 0 Å². The van der Waals surface area contributed by atoms with Crippen LogP contribution in [0.15, 0.2) is 81.3 Å². The maximum atomic E-state index is 13.5. The smallest absolute Gasteiger partial charge is 0.336 e. The summed E-state index contributed by atoms with van der Waals surface area (Å²) in [6.45, 7) is 3.74. The summed E-state index contributed by atoms with van der Waals surface area (Å²) in [7, 11) is 0. The Morgan fingerprint density at radius 3 is 2.11 bits per heavy atom. The van der Waals surface area contributed by atoms with E-state index in [1.165, 1.54) is 18.2 Å². The second kappa shape index (κ2) is 9.29. The van der Waals surface area contributed by atoms with Crippen LogP contribution in [0.4, 0.5) is 11.4 Å². The number of nitrogens with two attached hydrogens (primary N) is 1. The number of hydrogen-bond donors (Lipinski definition) is 4. The molecule has 0 aliphatic heterocycles. The summed E-state index contributed by atoms with van der Waals surface area (Å²) in [6, 6.07) is 18.2. The number of carbonyl (C=O) groups excluding carboxylic acids is 1. The molecule has 1 amide bonds. The third-order valence-electron chi connectivity index (χ3n) is 6.26. The van der Waals surface area contributed by atoms with E-state index in [1.807, 2.05) is 26.0 Å². The van der Waals surface area contributed by atoms with E-state index in [-0.39, 0.29) is 44.1 Å². The number of carbonyl (C=O) groups is 2. The van der Waals surface area contributed by atoms with Crippen molar-refractivity contribution in [1.82, 2.24) is 4.98 Å². The van der Waals surface area contributed by atoms with Crippen LogP contribution in [-0.4, -0.2) is 27.8 Å². The first-order chi connectivity index (χ1) is 18.1. The molecule has 38 heavy (non-hydrogen) atoms. The van der Waals surface area contributed by atoms with Gasteiger partial charge >= 0.3 is 5.97 Å². The number of aliphatic imine (C=N–C) groups is 1. The van der Waals surface area contributed by atoms with Gasteiger partial charge in [-0.1, -0.05) is 24.3 Å².